The van der Waals surface area contributed by atoms with Crippen LogP contribution in [0.3, 0.4) is 0 Å². The molecule has 0 unspecified atom stereocenters. The molecule has 2 N–H and O–H groups in total. The van der Waals surface area contributed by atoms with Crippen LogP contribution in [0.5, 0.6) is 0 Å². The van der Waals surface area contributed by atoms with Crippen molar-refractivity contribution in [3.8, 4) is 0 Å². The van der Waals surface area contributed by atoms with Crippen LogP contribution >= 0.6 is 39.9 Å². The molecule has 0 bridgehead atoms. The van der Waals surface area contributed by atoms with Crippen LogP contribution in [0.4, 0.5) is 0 Å². The van der Waals surface area contributed by atoms with Crippen LogP contribution in [0.2, 0.25) is 0 Å². The minimum Gasteiger partial charge on any atom is -0.352 e. The van der Waals surface area contributed by atoms with Gasteiger partial charge in [0.15, 0.2) is 5.96 Å². The van der Waals surface area contributed by atoms with Gasteiger partial charge < -0.3 is 10.6 Å². The summed E-state index contributed by atoms with van der Waals surface area (Å²) in [6, 6.07) is 8.15. The van der Waals surface area contributed by atoms with Gasteiger partial charge in [-0.2, -0.15) is 5.10 Å². The first-order valence-corrected chi connectivity index (χ1v) is 7.00. The average Bonchev–Trinajstić information content (AvgIpc) is 2.85. The third-order valence-electron chi connectivity index (χ3n) is 2.79. The fourth-order valence-corrected chi connectivity index (χ4v) is 2.14. The molecule has 2 aromatic rings. The molecule has 1 aromatic heterocycles. The summed E-state index contributed by atoms with van der Waals surface area (Å²) < 4.78 is 2.80. The molecule has 1 heterocycles. The Balaban J connectivity index is 0.00000220. The molecule has 0 saturated carbocycles. The molecule has 2 rings (SSSR count). The highest BCUT2D eigenvalue weighted by Gasteiger charge is 2.02. The van der Waals surface area contributed by atoms with Crippen molar-refractivity contribution >= 4 is 45.9 Å². The van der Waals surface area contributed by atoms with E-state index in [4.69, 9.17) is 0 Å². The molecule has 21 heavy (non-hydrogen) atoms. The Kier molecular flexibility index (Phi) is 7.65. The number of nitrogens with zero attached hydrogens (tertiary/aromatic N) is 4. The third-order valence-corrected chi connectivity index (χ3v) is 3.28. The van der Waals surface area contributed by atoms with E-state index in [2.05, 4.69) is 53.8 Å². The molecular weight excluding hydrogens is 447 g/mol. The van der Waals surface area contributed by atoms with E-state index in [1.54, 1.807) is 11.7 Å². The van der Waals surface area contributed by atoms with Gasteiger partial charge in [-0.3, -0.25) is 9.67 Å². The number of guanidine groups is 1. The van der Waals surface area contributed by atoms with Crippen molar-refractivity contribution in [2.75, 3.05) is 7.05 Å². The van der Waals surface area contributed by atoms with E-state index < -0.39 is 0 Å². The van der Waals surface area contributed by atoms with Gasteiger partial charge in [-0.15, -0.1) is 24.0 Å². The number of aromatic nitrogens is 3. The van der Waals surface area contributed by atoms with Crippen molar-refractivity contribution in [1.82, 2.24) is 25.4 Å². The minimum atomic E-state index is 0. The van der Waals surface area contributed by atoms with Crippen molar-refractivity contribution in [2.45, 2.75) is 13.1 Å². The van der Waals surface area contributed by atoms with Gasteiger partial charge in [0.2, 0.25) is 0 Å². The Bertz CT molecular complexity index is 598. The fraction of sp³-hybridized carbons (Fsp3) is 0.308. The lowest BCUT2D eigenvalue weighted by Gasteiger charge is -2.11. The Morgan fingerprint density at radius 3 is 2.71 bits per heavy atom. The highest BCUT2D eigenvalue weighted by atomic mass is 127. The van der Waals surface area contributed by atoms with Crippen molar-refractivity contribution in [1.29, 1.82) is 0 Å². The van der Waals surface area contributed by atoms with E-state index in [1.165, 1.54) is 11.9 Å². The van der Waals surface area contributed by atoms with E-state index in [0.29, 0.717) is 13.1 Å². The second kappa shape index (κ2) is 8.98. The third kappa shape index (κ3) is 5.62. The summed E-state index contributed by atoms with van der Waals surface area (Å²) in [4.78, 5) is 8.33. The molecule has 0 saturated heterocycles. The maximum atomic E-state index is 4.18. The molecule has 114 valence electrons. The first-order valence-electron chi connectivity index (χ1n) is 6.21. The van der Waals surface area contributed by atoms with E-state index in [0.717, 1.165) is 16.3 Å². The van der Waals surface area contributed by atoms with Gasteiger partial charge >= 0.3 is 0 Å². The molecule has 8 heteroatoms. The molecule has 0 fully saturated rings. The molecule has 1 aromatic carbocycles. The summed E-state index contributed by atoms with van der Waals surface area (Å²) in [6.07, 6.45) is 1.54. The summed E-state index contributed by atoms with van der Waals surface area (Å²) in [5.41, 5.74) is 1.18. The first kappa shape index (κ1) is 17.9. The number of benzene rings is 1. The van der Waals surface area contributed by atoms with Crippen molar-refractivity contribution in [2.24, 2.45) is 12.0 Å². The fourth-order valence-electron chi connectivity index (χ4n) is 1.70. The number of nitrogens with one attached hydrogen (secondary N) is 2. The number of rotatable bonds is 4. The summed E-state index contributed by atoms with van der Waals surface area (Å²) in [5, 5.41) is 10.5. The van der Waals surface area contributed by atoms with Crippen LogP contribution < -0.4 is 10.6 Å². The number of hydrogen-bond donors (Lipinski definition) is 2. The summed E-state index contributed by atoms with van der Waals surface area (Å²) in [6.45, 7) is 1.28. The minimum absolute atomic E-state index is 0. The van der Waals surface area contributed by atoms with E-state index in [-0.39, 0.29) is 24.0 Å². The Morgan fingerprint density at radius 2 is 2.10 bits per heavy atom. The van der Waals surface area contributed by atoms with Crippen molar-refractivity contribution in [3.63, 3.8) is 0 Å². The molecule has 0 spiro atoms. The zero-order valence-electron chi connectivity index (χ0n) is 11.9. The second-order valence-corrected chi connectivity index (χ2v) is 5.12. The zero-order valence-corrected chi connectivity index (χ0v) is 15.8. The number of halogens is 2. The quantitative estimate of drug-likeness (QED) is 0.413. The standard InChI is InChI=1S/C13H17BrN6.HI/c1-15-13(17-8-12-18-9-19-20(12)2)16-7-10-4-3-5-11(14)6-10;/h3-6,9H,7-8H2,1-2H3,(H2,15,16,17);1H. The summed E-state index contributed by atoms with van der Waals surface area (Å²) in [5.74, 6) is 1.59. The van der Waals surface area contributed by atoms with Gasteiger partial charge in [0.05, 0.1) is 6.54 Å². The largest absolute Gasteiger partial charge is 0.352 e. The van der Waals surface area contributed by atoms with Gasteiger partial charge in [0, 0.05) is 25.1 Å². The molecule has 0 radical (unpaired) electrons. The maximum Gasteiger partial charge on any atom is 0.191 e. The molecule has 0 atom stereocenters. The Hall–Kier alpha value is -1.16. The smallest absolute Gasteiger partial charge is 0.191 e. The molecular formula is C13H18BrIN6. The summed E-state index contributed by atoms with van der Waals surface area (Å²) in [7, 11) is 3.61. The molecule has 6 nitrogen and oxygen atoms in total. The Morgan fingerprint density at radius 1 is 1.33 bits per heavy atom. The lowest BCUT2D eigenvalue weighted by atomic mass is 10.2. The summed E-state index contributed by atoms with van der Waals surface area (Å²) >= 11 is 3.46. The van der Waals surface area contributed by atoms with Gasteiger partial charge in [0.25, 0.3) is 0 Å². The number of aliphatic imine (C=N–C) groups is 1. The number of aryl methyl sites for hydroxylation is 1. The van der Waals surface area contributed by atoms with Gasteiger partial charge in [-0.05, 0) is 17.7 Å². The van der Waals surface area contributed by atoms with Crippen molar-refractivity contribution in [3.05, 3.63) is 46.5 Å². The molecule has 0 aliphatic heterocycles. The molecule has 0 amide bonds. The zero-order chi connectivity index (χ0) is 14.4. The SMILES string of the molecule is CN=C(NCc1cccc(Br)c1)NCc1ncnn1C.I. The topological polar surface area (TPSA) is 67.1 Å². The molecule has 0 aliphatic rings. The predicted molar refractivity (Wildman–Crippen MR) is 97.6 cm³/mol. The average molecular weight is 465 g/mol. The highest BCUT2D eigenvalue weighted by Crippen LogP contribution is 2.11. The lowest BCUT2D eigenvalue weighted by Crippen LogP contribution is -2.36. The van der Waals surface area contributed by atoms with Gasteiger partial charge in [-0.25, -0.2) is 4.98 Å². The molecule has 0 aliphatic carbocycles. The predicted octanol–water partition coefficient (Wildman–Crippen LogP) is 2.06. The number of hydrogen-bond acceptors (Lipinski definition) is 3. The van der Waals surface area contributed by atoms with Gasteiger partial charge in [0.1, 0.15) is 12.2 Å². The Labute approximate surface area is 149 Å². The van der Waals surface area contributed by atoms with Crippen LogP contribution in [0.1, 0.15) is 11.4 Å². The van der Waals surface area contributed by atoms with Gasteiger partial charge in [-0.1, -0.05) is 28.1 Å². The monoisotopic (exact) mass is 464 g/mol. The normalized spacial score (nSPS) is 10.9. The lowest BCUT2D eigenvalue weighted by molar-refractivity contribution is 0.672. The second-order valence-electron chi connectivity index (χ2n) is 4.21. The van der Waals surface area contributed by atoms with Crippen LogP contribution in [0, 0.1) is 0 Å². The highest BCUT2D eigenvalue weighted by molar-refractivity contribution is 14.0. The van der Waals surface area contributed by atoms with Crippen LogP contribution in [0.25, 0.3) is 0 Å². The van der Waals surface area contributed by atoms with Crippen LogP contribution in [-0.4, -0.2) is 27.8 Å². The first-order chi connectivity index (χ1) is 9.69. The van der Waals surface area contributed by atoms with E-state index >= 15 is 0 Å². The van der Waals surface area contributed by atoms with Crippen LogP contribution in [-0.2, 0) is 20.1 Å². The van der Waals surface area contributed by atoms with Crippen molar-refractivity contribution < 1.29 is 0 Å². The van der Waals surface area contributed by atoms with E-state index in [1.807, 2.05) is 19.2 Å². The van der Waals surface area contributed by atoms with E-state index in [9.17, 15) is 0 Å². The maximum absolute atomic E-state index is 4.18. The van der Waals surface area contributed by atoms with Crippen LogP contribution in [0.15, 0.2) is 40.1 Å².